The average molecular weight is 316 g/mol. The number of hydrogen-bond donors (Lipinski definition) is 3. The van der Waals surface area contributed by atoms with Crippen LogP contribution in [-0.2, 0) is 0 Å². The number of H-pyrrole nitrogens is 1. The number of aromatic hydroxyl groups is 1. The number of halogens is 2. The summed E-state index contributed by atoms with van der Waals surface area (Å²) in [6.07, 6.45) is 1.08. The second kappa shape index (κ2) is 5.40. The van der Waals surface area contributed by atoms with Crippen LogP contribution in [0.2, 0.25) is 10.0 Å². The number of nitrogens with one attached hydrogen (secondary N) is 2. The molecule has 3 N–H and O–H groups in total. The molecule has 1 amide bonds. The van der Waals surface area contributed by atoms with Crippen LogP contribution in [-0.4, -0.2) is 20.9 Å². The lowest BCUT2D eigenvalue weighted by atomic mass is 10.2. The van der Waals surface area contributed by atoms with Crippen molar-refractivity contribution in [1.29, 1.82) is 0 Å². The normalized spacial score (nSPS) is 10.3. The fraction of sp³-hybridized carbons (Fsp3) is 0. The van der Waals surface area contributed by atoms with Gasteiger partial charge in [-0.15, -0.1) is 0 Å². The number of phenols is 1. The molecule has 0 unspecified atom stereocenters. The highest BCUT2D eigenvalue weighted by Crippen LogP contribution is 2.35. The summed E-state index contributed by atoms with van der Waals surface area (Å²) < 4.78 is 0. The largest absolute Gasteiger partial charge is 0.504 e. The van der Waals surface area contributed by atoms with Gasteiger partial charge in [0.05, 0.1) is 21.8 Å². The zero-order chi connectivity index (χ0) is 14.9. The molecule has 0 spiro atoms. The van der Waals surface area contributed by atoms with E-state index in [4.69, 9.17) is 23.2 Å². The SMILES string of the molecule is O=C(Nc1cc(Cl)cc(Cl)c1O)c1cc([N+](=O)[O-])c[nH]1. The topological polar surface area (TPSA) is 108 Å². The van der Waals surface area contributed by atoms with E-state index in [0.717, 1.165) is 12.3 Å². The maximum Gasteiger partial charge on any atom is 0.287 e. The van der Waals surface area contributed by atoms with Gasteiger partial charge in [-0.3, -0.25) is 14.9 Å². The molecule has 1 heterocycles. The molecule has 0 bridgehead atoms. The number of aromatic nitrogens is 1. The second-order valence-corrected chi connectivity index (χ2v) is 4.61. The highest BCUT2D eigenvalue weighted by atomic mass is 35.5. The van der Waals surface area contributed by atoms with Crippen molar-refractivity contribution in [2.45, 2.75) is 0 Å². The average Bonchev–Trinajstić information content (AvgIpc) is 2.85. The predicted molar refractivity (Wildman–Crippen MR) is 73.5 cm³/mol. The molecule has 0 aliphatic heterocycles. The van der Waals surface area contributed by atoms with Gasteiger partial charge >= 0.3 is 0 Å². The summed E-state index contributed by atoms with van der Waals surface area (Å²) in [5.41, 5.74) is -0.277. The fourth-order valence-electron chi connectivity index (χ4n) is 1.47. The van der Waals surface area contributed by atoms with Crippen molar-refractivity contribution in [3.05, 3.63) is 50.2 Å². The predicted octanol–water partition coefficient (Wildman–Crippen LogP) is 3.19. The van der Waals surface area contributed by atoms with Crippen LogP contribution in [0.25, 0.3) is 0 Å². The molecule has 20 heavy (non-hydrogen) atoms. The van der Waals surface area contributed by atoms with Crippen molar-refractivity contribution < 1.29 is 14.8 Å². The number of anilines is 1. The number of rotatable bonds is 3. The third-order valence-corrected chi connectivity index (χ3v) is 2.91. The summed E-state index contributed by atoms with van der Waals surface area (Å²) in [5, 5.41) is 22.8. The number of benzene rings is 1. The summed E-state index contributed by atoms with van der Waals surface area (Å²) in [6, 6.07) is 3.68. The molecular formula is C11H7Cl2N3O4. The van der Waals surface area contributed by atoms with E-state index in [2.05, 4.69) is 10.3 Å². The number of nitro groups is 1. The first-order valence-corrected chi connectivity index (χ1v) is 5.96. The minimum absolute atomic E-state index is 0.00440. The zero-order valence-corrected chi connectivity index (χ0v) is 11.2. The van der Waals surface area contributed by atoms with E-state index >= 15 is 0 Å². The molecule has 104 valence electrons. The van der Waals surface area contributed by atoms with Gasteiger partial charge in [-0.2, -0.15) is 0 Å². The van der Waals surface area contributed by atoms with E-state index in [0.29, 0.717) is 0 Å². The Morgan fingerprint density at radius 1 is 1.35 bits per heavy atom. The Hall–Kier alpha value is -2.25. The summed E-state index contributed by atoms with van der Waals surface area (Å²) in [6.45, 7) is 0. The summed E-state index contributed by atoms with van der Waals surface area (Å²) in [4.78, 5) is 24.2. The highest BCUT2D eigenvalue weighted by Gasteiger charge is 2.17. The number of hydrogen-bond acceptors (Lipinski definition) is 4. The Bertz CT molecular complexity index is 699. The molecule has 7 nitrogen and oxygen atoms in total. The van der Waals surface area contributed by atoms with Crippen LogP contribution >= 0.6 is 23.2 Å². The van der Waals surface area contributed by atoms with E-state index in [1.54, 1.807) is 0 Å². The summed E-state index contributed by atoms with van der Waals surface area (Å²) in [5.74, 6) is -1.02. The van der Waals surface area contributed by atoms with E-state index < -0.39 is 10.8 Å². The Balaban J connectivity index is 2.25. The lowest BCUT2D eigenvalue weighted by molar-refractivity contribution is -0.384. The quantitative estimate of drug-likeness (QED) is 0.459. The van der Waals surface area contributed by atoms with Crippen LogP contribution in [0.5, 0.6) is 5.75 Å². The smallest absolute Gasteiger partial charge is 0.287 e. The summed E-state index contributed by atoms with van der Waals surface area (Å²) in [7, 11) is 0. The van der Waals surface area contributed by atoms with Gasteiger partial charge in [0.15, 0.2) is 5.75 Å². The third-order valence-electron chi connectivity index (χ3n) is 2.40. The van der Waals surface area contributed by atoms with Gasteiger partial charge < -0.3 is 15.4 Å². The maximum atomic E-state index is 11.9. The lowest BCUT2D eigenvalue weighted by Gasteiger charge is -2.08. The molecular weight excluding hydrogens is 309 g/mol. The molecule has 0 aliphatic rings. The number of carbonyl (C=O) groups excluding carboxylic acids is 1. The zero-order valence-electron chi connectivity index (χ0n) is 9.68. The Labute approximate surface area is 122 Å². The van der Waals surface area contributed by atoms with E-state index in [9.17, 15) is 20.0 Å². The molecule has 0 atom stereocenters. The monoisotopic (exact) mass is 315 g/mol. The Morgan fingerprint density at radius 2 is 2.05 bits per heavy atom. The number of aromatic amines is 1. The maximum absolute atomic E-state index is 11.9. The van der Waals surface area contributed by atoms with Gasteiger partial charge in [0.2, 0.25) is 0 Å². The van der Waals surface area contributed by atoms with Gasteiger partial charge in [-0.1, -0.05) is 23.2 Å². The molecule has 0 radical (unpaired) electrons. The second-order valence-electron chi connectivity index (χ2n) is 3.77. The van der Waals surface area contributed by atoms with Crippen LogP contribution < -0.4 is 5.32 Å². The first-order chi connectivity index (χ1) is 9.38. The van der Waals surface area contributed by atoms with Crippen LogP contribution in [0, 0.1) is 10.1 Å². The van der Waals surface area contributed by atoms with Gasteiger partial charge in [0.25, 0.3) is 11.6 Å². The first kappa shape index (κ1) is 14.2. The first-order valence-electron chi connectivity index (χ1n) is 5.20. The molecule has 9 heteroatoms. The van der Waals surface area contributed by atoms with Crippen LogP contribution in [0.4, 0.5) is 11.4 Å². The standard InChI is InChI=1S/C11H7Cl2N3O4/c12-5-1-7(13)10(17)8(2-5)15-11(18)9-3-6(4-14-9)16(19)20/h1-4,14,17H,(H,15,18). The lowest BCUT2D eigenvalue weighted by Crippen LogP contribution is -2.12. The Kier molecular flexibility index (Phi) is 3.82. The molecule has 1 aromatic heterocycles. The van der Waals surface area contributed by atoms with E-state index in [-0.39, 0.29) is 32.9 Å². The van der Waals surface area contributed by atoms with Crippen molar-refractivity contribution in [3.63, 3.8) is 0 Å². The minimum Gasteiger partial charge on any atom is -0.504 e. The highest BCUT2D eigenvalue weighted by molar-refractivity contribution is 6.36. The molecule has 2 aromatic rings. The van der Waals surface area contributed by atoms with Crippen LogP contribution in [0.3, 0.4) is 0 Å². The van der Waals surface area contributed by atoms with E-state index in [1.807, 2.05) is 0 Å². The number of carbonyl (C=O) groups is 1. The van der Waals surface area contributed by atoms with Gasteiger partial charge in [0, 0.05) is 11.1 Å². The third kappa shape index (κ3) is 2.84. The van der Waals surface area contributed by atoms with Gasteiger partial charge in [-0.05, 0) is 12.1 Å². The molecule has 0 fully saturated rings. The molecule has 1 aromatic carbocycles. The van der Waals surface area contributed by atoms with Crippen LogP contribution in [0.1, 0.15) is 10.5 Å². The van der Waals surface area contributed by atoms with Gasteiger partial charge in [0.1, 0.15) is 5.69 Å². The number of phenolic OH excluding ortho intramolecular Hbond substituents is 1. The molecule has 2 rings (SSSR count). The summed E-state index contributed by atoms with van der Waals surface area (Å²) >= 11 is 11.5. The molecule has 0 saturated carbocycles. The minimum atomic E-state index is -0.674. The van der Waals surface area contributed by atoms with Crippen molar-refractivity contribution in [2.24, 2.45) is 0 Å². The van der Waals surface area contributed by atoms with Crippen molar-refractivity contribution >= 4 is 40.5 Å². The van der Waals surface area contributed by atoms with Crippen molar-refractivity contribution in [3.8, 4) is 5.75 Å². The molecule has 0 saturated heterocycles. The van der Waals surface area contributed by atoms with E-state index in [1.165, 1.54) is 12.1 Å². The number of amides is 1. The van der Waals surface area contributed by atoms with Crippen LogP contribution in [0.15, 0.2) is 24.4 Å². The number of nitrogens with zero attached hydrogens (tertiary/aromatic N) is 1. The fourth-order valence-corrected chi connectivity index (χ4v) is 1.96. The van der Waals surface area contributed by atoms with Gasteiger partial charge in [-0.25, -0.2) is 0 Å². The van der Waals surface area contributed by atoms with Crippen molar-refractivity contribution in [2.75, 3.05) is 5.32 Å². The Morgan fingerprint density at radius 3 is 2.65 bits per heavy atom. The molecule has 0 aliphatic carbocycles. The van der Waals surface area contributed by atoms with Crippen molar-refractivity contribution in [1.82, 2.24) is 4.98 Å².